The van der Waals surface area contributed by atoms with Gasteiger partial charge in [-0.1, -0.05) is 0 Å². The predicted octanol–water partition coefficient (Wildman–Crippen LogP) is 1.66. The molecule has 0 aromatic carbocycles. The number of alkyl halides is 2. The summed E-state index contributed by atoms with van der Waals surface area (Å²) in [5.41, 5.74) is 0. The van der Waals surface area contributed by atoms with Crippen molar-refractivity contribution in [3.05, 3.63) is 0 Å². The van der Waals surface area contributed by atoms with Gasteiger partial charge < -0.3 is 4.90 Å². The molecule has 0 spiro atoms. The number of hydrogen-bond donors (Lipinski definition) is 0. The smallest absolute Gasteiger partial charge is 0.114 e. The first kappa shape index (κ1) is 8.28. The van der Waals surface area contributed by atoms with Crippen molar-refractivity contribution in [1.82, 2.24) is 4.90 Å². The number of nitrogens with zero attached hydrogens (tertiary/aromatic N) is 1. The monoisotopic (exact) mass is 165 g/mol. The van der Waals surface area contributed by atoms with Gasteiger partial charge in [0.25, 0.3) is 0 Å². The Morgan fingerprint density at radius 3 is 2.90 bits per heavy atom. The van der Waals surface area contributed by atoms with E-state index in [1.54, 1.807) is 0 Å². The minimum Gasteiger partial charge on any atom is -0.300 e. The lowest BCUT2D eigenvalue weighted by Gasteiger charge is -2.12. The summed E-state index contributed by atoms with van der Waals surface area (Å²) in [5.74, 6) is 0.688. The van der Waals surface area contributed by atoms with Crippen LogP contribution in [0.2, 0.25) is 0 Å². The van der Waals surface area contributed by atoms with Gasteiger partial charge >= 0.3 is 0 Å². The first-order valence-electron chi connectivity index (χ1n) is 3.75. The Morgan fingerprint density at radius 1 is 1.60 bits per heavy atom. The molecule has 1 rings (SSSR count). The lowest BCUT2D eigenvalue weighted by molar-refractivity contribution is 0.289. The number of likely N-dealkylation sites (tertiary alicyclic amines) is 1. The predicted molar refractivity (Wildman–Crippen MR) is 41.3 cm³/mol. The van der Waals surface area contributed by atoms with E-state index in [0.29, 0.717) is 18.8 Å². The van der Waals surface area contributed by atoms with Gasteiger partial charge in [-0.15, -0.1) is 11.6 Å². The summed E-state index contributed by atoms with van der Waals surface area (Å²) in [6, 6.07) is 0. The molecule has 1 aliphatic rings. The van der Waals surface area contributed by atoms with Crippen molar-refractivity contribution in [2.45, 2.75) is 19.0 Å². The van der Waals surface area contributed by atoms with Crippen LogP contribution in [0, 0.1) is 0 Å². The second kappa shape index (κ2) is 4.14. The fourth-order valence-corrected chi connectivity index (χ4v) is 1.39. The van der Waals surface area contributed by atoms with E-state index in [1.807, 2.05) is 0 Å². The Labute approximate surface area is 66.2 Å². The Bertz CT molecular complexity index is 99.6. The third-order valence-corrected chi connectivity index (χ3v) is 2.09. The molecule has 0 saturated carbocycles. The average molecular weight is 166 g/mol. The maximum Gasteiger partial charge on any atom is 0.114 e. The van der Waals surface area contributed by atoms with Gasteiger partial charge in [0, 0.05) is 19.0 Å². The van der Waals surface area contributed by atoms with E-state index < -0.39 is 6.17 Å². The van der Waals surface area contributed by atoms with Gasteiger partial charge in [-0.25, -0.2) is 4.39 Å². The highest BCUT2D eigenvalue weighted by Crippen LogP contribution is 2.11. The van der Waals surface area contributed by atoms with E-state index in [0.717, 1.165) is 19.5 Å². The van der Waals surface area contributed by atoms with Crippen LogP contribution >= 0.6 is 11.6 Å². The molecule has 10 heavy (non-hydrogen) atoms. The van der Waals surface area contributed by atoms with E-state index in [1.165, 1.54) is 0 Å². The van der Waals surface area contributed by atoms with Crippen LogP contribution in [0.1, 0.15) is 12.8 Å². The average Bonchev–Trinajstić information content (AvgIpc) is 2.31. The molecule has 0 amide bonds. The largest absolute Gasteiger partial charge is 0.300 e. The summed E-state index contributed by atoms with van der Waals surface area (Å²) < 4.78 is 12.5. The minimum absolute atomic E-state index is 0.588. The summed E-state index contributed by atoms with van der Waals surface area (Å²) in [5, 5.41) is 0. The van der Waals surface area contributed by atoms with E-state index in [2.05, 4.69) is 4.90 Å². The maximum absolute atomic E-state index is 12.5. The van der Waals surface area contributed by atoms with Gasteiger partial charge in [0.05, 0.1) is 0 Å². The zero-order chi connectivity index (χ0) is 7.40. The SMILES string of the molecule is F[C@H]1CCN(CCCCl)C1. The second-order valence-electron chi connectivity index (χ2n) is 2.73. The molecule has 0 radical (unpaired) electrons. The zero-order valence-corrected chi connectivity index (χ0v) is 6.78. The third-order valence-electron chi connectivity index (χ3n) is 1.82. The molecule has 0 N–H and O–H groups in total. The number of rotatable bonds is 3. The van der Waals surface area contributed by atoms with Crippen LogP contribution < -0.4 is 0 Å². The van der Waals surface area contributed by atoms with Crippen LogP contribution in [0.15, 0.2) is 0 Å². The van der Waals surface area contributed by atoms with Gasteiger partial charge in [-0.3, -0.25) is 0 Å². The quantitative estimate of drug-likeness (QED) is 0.575. The van der Waals surface area contributed by atoms with Crippen molar-refractivity contribution in [1.29, 1.82) is 0 Å². The molecule has 1 atom stereocenters. The van der Waals surface area contributed by atoms with Gasteiger partial charge in [-0.05, 0) is 19.4 Å². The first-order valence-corrected chi connectivity index (χ1v) is 4.29. The van der Waals surface area contributed by atoms with E-state index in [-0.39, 0.29) is 0 Å². The summed E-state index contributed by atoms with van der Waals surface area (Å²) in [6.45, 7) is 2.50. The lowest BCUT2D eigenvalue weighted by atomic mass is 10.3. The molecular formula is C7H13ClFN. The summed E-state index contributed by atoms with van der Waals surface area (Å²) in [4.78, 5) is 2.13. The van der Waals surface area contributed by atoms with Gasteiger partial charge in [-0.2, -0.15) is 0 Å². The van der Waals surface area contributed by atoms with Crippen molar-refractivity contribution in [2.75, 3.05) is 25.5 Å². The molecule has 0 aromatic rings. The van der Waals surface area contributed by atoms with Crippen LogP contribution in [0.4, 0.5) is 4.39 Å². The molecule has 0 bridgehead atoms. The lowest BCUT2D eigenvalue weighted by Crippen LogP contribution is -2.22. The van der Waals surface area contributed by atoms with Crippen LogP contribution in [0.5, 0.6) is 0 Å². The van der Waals surface area contributed by atoms with E-state index in [9.17, 15) is 4.39 Å². The molecule has 0 aromatic heterocycles. The normalized spacial score (nSPS) is 27.6. The van der Waals surface area contributed by atoms with E-state index >= 15 is 0 Å². The van der Waals surface area contributed by atoms with Crippen LogP contribution in [-0.2, 0) is 0 Å². The molecule has 0 unspecified atom stereocenters. The Hall–Kier alpha value is 0.180. The van der Waals surface area contributed by atoms with E-state index in [4.69, 9.17) is 11.6 Å². The minimum atomic E-state index is -0.588. The molecule has 1 nitrogen and oxygen atoms in total. The summed E-state index contributed by atoms with van der Waals surface area (Å²) >= 11 is 5.50. The molecule has 1 aliphatic heterocycles. The molecule has 1 heterocycles. The Morgan fingerprint density at radius 2 is 2.40 bits per heavy atom. The maximum atomic E-state index is 12.5. The molecule has 1 fully saturated rings. The topological polar surface area (TPSA) is 3.24 Å². The summed E-state index contributed by atoms with van der Waals surface area (Å²) in [7, 11) is 0. The standard InChI is InChI=1S/C7H13ClFN/c8-3-1-4-10-5-2-7(9)6-10/h7H,1-6H2/t7-/m0/s1. The van der Waals surface area contributed by atoms with Crippen molar-refractivity contribution >= 4 is 11.6 Å². The highest BCUT2D eigenvalue weighted by Gasteiger charge is 2.20. The number of hydrogen-bond acceptors (Lipinski definition) is 1. The van der Waals surface area contributed by atoms with Gasteiger partial charge in [0.1, 0.15) is 6.17 Å². The first-order chi connectivity index (χ1) is 4.83. The Balaban J connectivity index is 2.06. The third kappa shape index (κ3) is 2.43. The summed E-state index contributed by atoms with van der Waals surface area (Å²) in [6.07, 6.45) is 1.10. The molecule has 3 heteroatoms. The van der Waals surface area contributed by atoms with Crippen LogP contribution in [-0.4, -0.2) is 36.6 Å². The van der Waals surface area contributed by atoms with Crippen molar-refractivity contribution in [2.24, 2.45) is 0 Å². The van der Waals surface area contributed by atoms with Crippen LogP contribution in [0.3, 0.4) is 0 Å². The molecule has 1 saturated heterocycles. The highest BCUT2D eigenvalue weighted by molar-refractivity contribution is 6.17. The number of halogens is 2. The highest BCUT2D eigenvalue weighted by atomic mass is 35.5. The fourth-order valence-electron chi connectivity index (χ4n) is 1.27. The van der Waals surface area contributed by atoms with Crippen molar-refractivity contribution in [3.8, 4) is 0 Å². The molecule has 0 aliphatic carbocycles. The molecule has 60 valence electrons. The molecular weight excluding hydrogens is 153 g/mol. The van der Waals surface area contributed by atoms with Crippen molar-refractivity contribution in [3.63, 3.8) is 0 Å². The zero-order valence-electron chi connectivity index (χ0n) is 6.02. The van der Waals surface area contributed by atoms with Gasteiger partial charge in [0.15, 0.2) is 0 Å². The Kier molecular flexibility index (Phi) is 3.43. The fraction of sp³-hybridized carbons (Fsp3) is 1.00. The second-order valence-corrected chi connectivity index (χ2v) is 3.11. The van der Waals surface area contributed by atoms with Gasteiger partial charge in [0.2, 0.25) is 0 Å². The van der Waals surface area contributed by atoms with Crippen LogP contribution in [0.25, 0.3) is 0 Å². The van der Waals surface area contributed by atoms with Crippen molar-refractivity contribution < 1.29 is 4.39 Å².